The molecule has 3 aromatic rings. The van der Waals surface area contributed by atoms with E-state index in [0.29, 0.717) is 6.54 Å². The topological polar surface area (TPSA) is 65.4 Å². The van der Waals surface area contributed by atoms with Gasteiger partial charge in [0, 0.05) is 23.3 Å². The number of aliphatic hydroxyl groups is 2. The Hall–Kier alpha value is -2.43. The SMILES string of the molecule is OCC(O)CNc1ccccc1CCc1ccc2ccccc2n1. The van der Waals surface area contributed by atoms with Crippen molar-refractivity contribution in [1.82, 2.24) is 4.98 Å². The molecule has 124 valence electrons. The predicted octanol–water partition coefficient (Wildman–Crippen LogP) is 2.79. The molecule has 0 fully saturated rings. The summed E-state index contributed by atoms with van der Waals surface area (Å²) < 4.78 is 0. The van der Waals surface area contributed by atoms with Crippen molar-refractivity contribution in [3.8, 4) is 0 Å². The summed E-state index contributed by atoms with van der Waals surface area (Å²) in [6.45, 7) is 0.0952. The number of nitrogens with one attached hydrogen (secondary N) is 1. The van der Waals surface area contributed by atoms with E-state index in [9.17, 15) is 5.11 Å². The van der Waals surface area contributed by atoms with Gasteiger partial charge in [0.05, 0.1) is 18.2 Å². The molecule has 4 heteroatoms. The molecule has 4 nitrogen and oxygen atoms in total. The van der Waals surface area contributed by atoms with Crippen molar-refractivity contribution in [1.29, 1.82) is 0 Å². The van der Waals surface area contributed by atoms with Crippen LogP contribution in [-0.4, -0.2) is 34.5 Å². The van der Waals surface area contributed by atoms with Gasteiger partial charge in [-0.1, -0.05) is 42.5 Å². The van der Waals surface area contributed by atoms with Crippen LogP contribution in [0, 0.1) is 0 Å². The minimum absolute atomic E-state index is 0.240. The highest BCUT2D eigenvalue weighted by molar-refractivity contribution is 5.78. The van der Waals surface area contributed by atoms with Gasteiger partial charge in [-0.2, -0.15) is 0 Å². The van der Waals surface area contributed by atoms with Crippen LogP contribution in [0.15, 0.2) is 60.7 Å². The van der Waals surface area contributed by atoms with Crippen LogP contribution >= 0.6 is 0 Å². The number of fused-ring (bicyclic) bond motifs is 1. The van der Waals surface area contributed by atoms with Gasteiger partial charge in [0.2, 0.25) is 0 Å². The third-order valence-electron chi connectivity index (χ3n) is 4.06. The molecule has 0 aliphatic carbocycles. The molecular formula is C20H22N2O2. The lowest BCUT2D eigenvalue weighted by Gasteiger charge is -2.14. The van der Waals surface area contributed by atoms with Crippen LogP contribution in [0.2, 0.25) is 0 Å². The number of rotatable bonds is 7. The van der Waals surface area contributed by atoms with E-state index in [2.05, 4.69) is 29.6 Å². The Morgan fingerprint density at radius 3 is 2.58 bits per heavy atom. The summed E-state index contributed by atoms with van der Waals surface area (Å²) in [5, 5.41) is 22.8. The third kappa shape index (κ3) is 4.10. The zero-order valence-corrected chi connectivity index (χ0v) is 13.5. The summed E-state index contributed by atoms with van der Waals surface area (Å²) in [5.41, 5.74) is 4.26. The van der Waals surface area contributed by atoms with Gasteiger partial charge in [0.1, 0.15) is 0 Å². The van der Waals surface area contributed by atoms with Crippen LogP contribution in [0.1, 0.15) is 11.3 Å². The van der Waals surface area contributed by atoms with Crippen LogP contribution in [0.5, 0.6) is 0 Å². The smallest absolute Gasteiger partial charge is 0.0942 e. The molecule has 1 aromatic heterocycles. The number of hydrogen-bond acceptors (Lipinski definition) is 4. The molecule has 0 spiro atoms. The molecule has 1 heterocycles. The second-order valence-electron chi connectivity index (χ2n) is 5.87. The van der Waals surface area contributed by atoms with Crippen molar-refractivity contribution in [2.24, 2.45) is 0 Å². The number of aromatic nitrogens is 1. The third-order valence-corrected chi connectivity index (χ3v) is 4.06. The first-order valence-corrected chi connectivity index (χ1v) is 8.21. The van der Waals surface area contributed by atoms with Crippen molar-refractivity contribution in [3.05, 3.63) is 71.9 Å². The van der Waals surface area contributed by atoms with Crippen LogP contribution in [0.3, 0.4) is 0 Å². The molecule has 0 aliphatic heterocycles. The Balaban J connectivity index is 1.69. The number of pyridine rings is 1. The van der Waals surface area contributed by atoms with Gasteiger partial charge < -0.3 is 15.5 Å². The maximum absolute atomic E-state index is 9.50. The zero-order chi connectivity index (χ0) is 16.8. The Morgan fingerprint density at radius 2 is 1.71 bits per heavy atom. The molecule has 0 aliphatic rings. The van der Waals surface area contributed by atoms with Crippen molar-refractivity contribution in [2.75, 3.05) is 18.5 Å². The Morgan fingerprint density at radius 1 is 0.917 bits per heavy atom. The Bertz CT molecular complexity index is 804. The lowest BCUT2D eigenvalue weighted by molar-refractivity contribution is 0.105. The molecule has 2 aromatic carbocycles. The fourth-order valence-corrected chi connectivity index (χ4v) is 2.71. The quantitative estimate of drug-likeness (QED) is 0.626. The monoisotopic (exact) mass is 322 g/mol. The van der Waals surface area contributed by atoms with Crippen LogP contribution < -0.4 is 5.32 Å². The number of hydrogen-bond donors (Lipinski definition) is 3. The van der Waals surface area contributed by atoms with E-state index in [1.807, 2.05) is 36.4 Å². The average molecular weight is 322 g/mol. The largest absolute Gasteiger partial charge is 0.394 e. The second-order valence-corrected chi connectivity index (χ2v) is 5.87. The van der Waals surface area contributed by atoms with E-state index >= 15 is 0 Å². The Labute approximate surface area is 141 Å². The number of benzene rings is 2. The molecule has 1 unspecified atom stereocenters. The Kier molecular flexibility index (Phi) is 5.41. The van der Waals surface area contributed by atoms with Crippen LogP contribution in [-0.2, 0) is 12.8 Å². The van der Waals surface area contributed by atoms with Gasteiger partial charge in [0.15, 0.2) is 0 Å². The first kappa shape index (κ1) is 16.4. The lowest BCUT2D eigenvalue weighted by Crippen LogP contribution is -2.23. The van der Waals surface area contributed by atoms with Gasteiger partial charge in [0.25, 0.3) is 0 Å². The van der Waals surface area contributed by atoms with Gasteiger partial charge in [-0.05, 0) is 36.6 Å². The highest BCUT2D eigenvalue weighted by Crippen LogP contribution is 2.18. The number of aryl methyl sites for hydroxylation is 2. The summed E-state index contributed by atoms with van der Waals surface area (Å²) in [7, 11) is 0. The summed E-state index contributed by atoms with van der Waals surface area (Å²) in [6.07, 6.45) is 0.968. The number of nitrogens with zero attached hydrogens (tertiary/aromatic N) is 1. The van der Waals surface area contributed by atoms with Crippen LogP contribution in [0.4, 0.5) is 5.69 Å². The van der Waals surface area contributed by atoms with Crippen molar-refractivity contribution < 1.29 is 10.2 Å². The van der Waals surface area contributed by atoms with E-state index in [0.717, 1.165) is 35.1 Å². The first-order chi connectivity index (χ1) is 11.8. The maximum Gasteiger partial charge on any atom is 0.0942 e. The molecule has 0 amide bonds. The van der Waals surface area contributed by atoms with E-state index in [1.54, 1.807) is 0 Å². The van der Waals surface area contributed by atoms with Gasteiger partial charge in [-0.3, -0.25) is 4.98 Å². The fraction of sp³-hybridized carbons (Fsp3) is 0.250. The van der Waals surface area contributed by atoms with E-state index in [1.165, 1.54) is 5.56 Å². The minimum atomic E-state index is -0.750. The zero-order valence-electron chi connectivity index (χ0n) is 13.5. The van der Waals surface area contributed by atoms with Gasteiger partial charge in [-0.15, -0.1) is 0 Å². The molecule has 0 saturated heterocycles. The van der Waals surface area contributed by atoms with E-state index in [-0.39, 0.29) is 6.61 Å². The standard InChI is InChI=1S/C20H22N2O2/c23-14-18(24)13-21-19-7-3-1-5-15(19)9-11-17-12-10-16-6-2-4-8-20(16)22-17/h1-8,10,12,18,21,23-24H,9,11,13-14H2. The molecule has 3 N–H and O–H groups in total. The first-order valence-electron chi connectivity index (χ1n) is 8.21. The molecule has 0 saturated carbocycles. The number of anilines is 1. The predicted molar refractivity (Wildman–Crippen MR) is 97.2 cm³/mol. The minimum Gasteiger partial charge on any atom is -0.394 e. The summed E-state index contributed by atoms with van der Waals surface area (Å²) >= 11 is 0. The number of para-hydroxylation sites is 2. The number of aliphatic hydroxyl groups excluding tert-OH is 2. The summed E-state index contributed by atoms with van der Waals surface area (Å²) in [5.74, 6) is 0. The fourth-order valence-electron chi connectivity index (χ4n) is 2.71. The molecule has 3 rings (SSSR count). The van der Waals surface area contributed by atoms with Crippen molar-refractivity contribution >= 4 is 16.6 Å². The van der Waals surface area contributed by atoms with Gasteiger partial charge >= 0.3 is 0 Å². The second kappa shape index (κ2) is 7.90. The molecular weight excluding hydrogens is 300 g/mol. The van der Waals surface area contributed by atoms with Crippen molar-refractivity contribution in [3.63, 3.8) is 0 Å². The van der Waals surface area contributed by atoms with Crippen molar-refractivity contribution in [2.45, 2.75) is 18.9 Å². The van der Waals surface area contributed by atoms with Crippen LogP contribution in [0.25, 0.3) is 10.9 Å². The molecule has 24 heavy (non-hydrogen) atoms. The lowest BCUT2D eigenvalue weighted by atomic mass is 10.0. The summed E-state index contributed by atoms with van der Waals surface area (Å²) in [4.78, 5) is 4.71. The molecule has 0 bridgehead atoms. The highest BCUT2D eigenvalue weighted by atomic mass is 16.3. The van der Waals surface area contributed by atoms with E-state index < -0.39 is 6.10 Å². The maximum atomic E-state index is 9.50. The molecule has 1 atom stereocenters. The normalized spacial score (nSPS) is 12.2. The highest BCUT2D eigenvalue weighted by Gasteiger charge is 2.06. The molecule has 0 radical (unpaired) electrons. The van der Waals surface area contributed by atoms with E-state index in [4.69, 9.17) is 10.1 Å². The summed E-state index contributed by atoms with van der Waals surface area (Å²) in [6, 6.07) is 20.4. The average Bonchev–Trinajstić information content (AvgIpc) is 2.64. The van der Waals surface area contributed by atoms with Gasteiger partial charge in [-0.25, -0.2) is 0 Å².